The number of aromatic nitrogens is 1. The van der Waals surface area contributed by atoms with Gasteiger partial charge in [-0.2, -0.15) is 0 Å². The van der Waals surface area contributed by atoms with Crippen molar-refractivity contribution in [3.8, 4) is 0 Å². The minimum absolute atomic E-state index is 0.181. The number of anilines is 1. The quantitative estimate of drug-likeness (QED) is 0.587. The van der Waals surface area contributed by atoms with Crippen LogP contribution in [0.4, 0.5) is 11.5 Å². The highest BCUT2D eigenvalue weighted by molar-refractivity contribution is 5.99. The SMILES string of the molecule is CCNc1ncc([N+](=O)[O-])cc1C(=O)NCCC1CC1. The maximum atomic E-state index is 12.1. The summed E-state index contributed by atoms with van der Waals surface area (Å²) in [6.45, 7) is 3.06. The van der Waals surface area contributed by atoms with E-state index in [1.807, 2.05) is 6.92 Å². The van der Waals surface area contributed by atoms with E-state index in [4.69, 9.17) is 0 Å². The number of nitro groups is 1. The van der Waals surface area contributed by atoms with Gasteiger partial charge in [-0.05, 0) is 19.3 Å². The molecule has 1 amide bonds. The number of amides is 1. The van der Waals surface area contributed by atoms with E-state index in [0.717, 1.165) is 18.5 Å². The second-order valence-corrected chi connectivity index (χ2v) is 4.87. The van der Waals surface area contributed by atoms with Crippen molar-refractivity contribution in [3.63, 3.8) is 0 Å². The van der Waals surface area contributed by atoms with Gasteiger partial charge in [-0.3, -0.25) is 14.9 Å². The molecule has 0 radical (unpaired) electrons. The molecule has 1 aliphatic carbocycles. The first kappa shape index (κ1) is 14.2. The number of carbonyl (C=O) groups excluding carboxylic acids is 1. The third kappa shape index (κ3) is 3.66. The molecule has 1 aromatic heterocycles. The molecule has 7 heteroatoms. The topological polar surface area (TPSA) is 97.2 Å². The molecule has 2 rings (SSSR count). The van der Waals surface area contributed by atoms with Gasteiger partial charge in [0, 0.05) is 19.2 Å². The lowest BCUT2D eigenvalue weighted by molar-refractivity contribution is -0.385. The van der Waals surface area contributed by atoms with Crippen LogP contribution in [-0.4, -0.2) is 28.9 Å². The summed E-state index contributed by atoms with van der Waals surface area (Å²) in [6.07, 6.45) is 4.58. The van der Waals surface area contributed by atoms with Crippen LogP contribution in [0.1, 0.15) is 36.5 Å². The summed E-state index contributed by atoms with van der Waals surface area (Å²) in [7, 11) is 0. The molecule has 0 saturated heterocycles. The summed E-state index contributed by atoms with van der Waals surface area (Å²) >= 11 is 0. The fraction of sp³-hybridized carbons (Fsp3) is 0.538. The molecule has 0 unspecified atom stereocenters. The number of rotatable bonds is 7. The van der Waals surface area contributed by atoms with Crippen LogP contribution in [-0.2, 0) is 0 Å². The monoisotopic (exact) mass is 278 g/mol. The Labute approximate surface area is 116 Å². The lowest BCUT2D eigenvalue weighted by Gasteiger charge is -2.09. The minimum Gasteiger partial charge on any atom is -0.370 e. The molecule has 7 nitrogen and oxygen atoms in total. The average molecular weight is 278 g/mol. The van der Waals surface area contributed by atoms with Crippen LogP contribution in [0.2, 0.25) is 0 Å². The second kappa shape index (κ2) is 6.31. The summed E-state index contributed by atoms with van der Waals surface area (Å²) in [5, 5.41) is 16.5. The van der Waals surface area contributed by atoms with E-state index in [0.29, 0.717) is 18.9 Å². The predicted molar refractivity (Wildman–Crippen MR) is 74.7 cm³/mol. The molecule has 108 valence electrons. The fourth-order valence-electron chi connectivity index (χ4n) is 1.93. The summed E-state index contributed by atoms with van der Waals surface area (Å²) in [5.41, 5.74) is 0.0378. The molecule has 1 saturated carbocycles. The van der Waals surface area contributed by atoms with Gasteiger partial charge in [-0.15, -0.1) is 0 Å². The van der Waals surface area contributed by atoms with E-state index in [9.17, 15) is 14.9 Å². The first-order valence-electron chi connectivity index (χ1n) is 6.78. The van der Waals surface area contributed by atoms with E-state index >= 15 is 0 Å². The Kier molecular flexibility index (Phi) is 4.49. The first-order chi connectivity index (χ1) is 9.61. The van der Waals surface area contributed by atoms with Crippen LogP contribution in [0.25, 0.3) is 0 Å². The Morgan fingerprint density at radius 2 is 2.30 bits per heavy atom. The summed E-state index contributed by atoms with van der Waals surface area (Å²) < 4.78 is 0. The molecule has 1 heterocycles. The van der Waals surface area contributed by atoms with Crippen molar-refractivity contribution in [1.29, 1.82) is 0 Å². The molecule has 1 aliphatic rings. The number of nitrogens with one attached hydrogen (secondary N) is 2. The minimum atomic E-state index is -0.552. The van der Waals surface area contributed by atoms with Crippen LogP contribution in [0.5, 0.6) is 0 Å². The van der Waals surface area contributed by atoms with Gasteiger partial charge in [0.25, 0.3) is 11.6 Å². The number of hydrogen-bond acceptors (Lipinski definition) is 5. The fourth-order valence-corrected chi connectivity index (χ4v) is 1.93. The third-order valence-corrected chi connectivity index (χ3v) is 3.21. The van der Waals surface area contributed by atoms with Gasteiger partial charge in [-0.25, -0.2) is 4.98 Å². The Bertz CT molecular complexity index is 514. The standard InChI is InChI=1S/C13H18N4O3/c1-2-14-12-11(7-10(8-16-12)17(19)20)13(18)15-6-5-9-3-4-9/h7-9H,2-6H2,1H3,(H,14,16)(H,15,18). The van der Waals surface area contributed by atoms with E-state index < -0.39 is 4.92 Å². The van der Waals surface area contributed by atoms with Crippen LogP contribution < -0.4 is 10.6 Å². The van der Waals surface area contributed by atoms with Crippen molar-refractivity contribution in [2.75, 3.05) is 18.4 Å². The van der Waals surface area contributed by atoms with Gasteiger partial charge >= 0.3 is 0 Å². The largest absolute Gasteiger partial charge is 0.370 e. The van der Waals surface area contributed by atoms with Crippen LogP contribution in [0, 0.1) is 16.0 Å². The van der Waals surface area contributed by atoms with Crippen molar-refractivity contribution in [3.05, 3.63) is 27.9 Å². The zero-order valence-corrected chi connectivity index (χ0v) is 11.4. The molecule has 0 aliphatic heterocycles. The molecule has 20 heavy (non-hydrogen) atoms. The van der Waals surface area contributed by atoms with Gasteiger partial charge in [0.15, 0.2) is 0 Å². The maximum Gasteiger partial charge on any atom is 0.288 e. The highest BCUT2D eigenvalue weighted by Gasteiger charge is 2.22. The first-order valence-corrected chi connectivity index (χ1v) is 6.78. The Balaban J connectivity index is 2.09. The van der Waals surface area contributed by atoms with Crippen molar-refractivity contribution in [2.45, 2.75) is 26.2 Å². The Morgan fingerprint density at radius 3 is 2.90 bits per heavy atom. The molecule has 0 aromatic carbocycles. The van der Waals surface area contributed by atoms with Crippen LogP contribution in [0.15, 0.2) is 12.3 Å². The molecule has 0 bridgehead atoms. The number of hydrogen-bond donors (Lipinski definition) is 2. The normalized spacial score (nSPS) is 13.8. The van der Waals surface area contributed by atoms with E-state index in [1.165, 1.54) is 18.9 Å². The van der Waals surface area contributed by atoms with Gasteiger partial charge in [0.2, 0.25) is 0 Å². The molecular weight excluding hydrogens is 260 g/mol. The summed E-state index contributed by atoms with van der Waals surface area (Å²) in [5.74, 6) is 0.784. The maximum absolute atomic E-state index is 12.1. The molecule has 2 N–H and O–H groups in total. The number of carbonyl (C=O) groups is 1. The zero-order chi connectivity index (χ0) is 14.5. The van der Waals surface area contributed by atoms with E-state index in [1.54, 1.807) is 0 Å². The van der Waals surface area contributed by atoms with Gasteiger partial charge in [0.05, 0.1) is 10.5 Å². The molecular formula is C13H18N4O3. The predicted octanol–water partition coefficient (Wildman–Crippen LogP) is 1.95. The summed E-state index contributed by atoms with van der Waals surface area (Å²) in [4.78, 5) is 26.3. The third-order valence-electron chi connectivity index (χ3n) is 3.21. The number of pyridine rings is 1. The van der Waals surface area contributed by atoms with E-state index in [-0.39, 0.29) is 17.2 Å². The molecule has 0 spiro atoms. The Hall–Kier alpha value is -2.18. The molecule has 1 fully saturated rings. The van der Waals surface area contributed by atoms with E-state index in [2.05, 4.69) is 15.6 Å². The van der Waals surface area contributed by atoms with Crippen molar-refractivity contribution < 1.29 is 9.72 Å². The van der Waals surface area contributed by atoms with Gasteiger partial charge in [0.1, 0.15) is 12.0 Å². The smallest absolute Gasteiger partial charge is 0.288 e. The average Bonchev–Trinajstić information content (AvgIpc) is 3.23. The van der Waals surface area contributed by atoms with Crippen LogP contribution >= 0.6 is 0 Å². The Morgan fingerprint density at radius 1 is 1.55 bits per heavy atom. The van der Waals surface area contributed by atoms with Crippen molar-refractivity contribution in [1.82, 2.24) is 10.3 Å². The summed E-state index contributed by atoms with van der Waals surface area (Å²) in [6, 6.07) is 1.26. The lowest BCUT2D eigenvalue weighted by Crippen LogP contribution is -2.26. The van der Waals surface area contributed by atoms with Crippen LogP contribution in [0.3, 0.4) is 0 Å². The molecule has 0 atom stereocenters. The number of nitrogens with zero attached hydrogens (tertiary/aromatic N) is 2. The highest BCUT2D eigenvalue weighted by atomic mass is 16.6. The highest BCUT2D eigenvalue weighted by Crippen LogP contribution is 2.31. The second-order valence-electron chi connectivity index (χ2n) is 4.87. The van der Waals surface area contributed by atoms with Crippen molar-refractivity contribution >= 4 is 17.4 Å². The lowest BCUT2D eigenvalue weighted by atomic mass is 10.2. The van der Waals surface area contributed by atoms with Gasteiger partial charge in [-0.1, -0.05) is 12.8 Å². The zero-order valence-electron chi connectivity index (χ0n) is 11.4. The molecule has 1 aromatic rings. The van der Waals surface area contributed by atoms with Crippen molar-refractivity contribution in [2.24, 2.45) is 5.92 Å². The van der Waals surface area contributed by atoms with Gasteiger partial charge < -0.3 is 10.6 Å².